The van der Waals surface area contributed by atoms with Crippen LogP contribution in [-0.4, -0.2) is 61.4 Å². The predicted octanol–water partition coefficient (Wildman–Crippen LogP) is 3.50. The molecule has 2 aromatic carbocycles. The van der Waals surface area contributed by atoms with Crippen molar-refractivity contribution in [2.24, 2.45) is 11.0 Å². The number of hydrazone groups is 1. The molecule has 0 spiro atoms. The van der Waals surface area contributed by atoms with Gasteiger partial charge in [0.15, 0.2) is 0 Å². The Morgan fingerprint density at radius 1 is 1.12 bits per heavy atom. The summed E-state index contributed by atoms with van der Waals surface area (Å²) in [6, 6.07) is 17.3. The van der Waals surface area contributed by atoms with E-state index in [0.29, 0.717) is 19.6 Å². The zero-order chi connectivity index (χ0) is 23.1. The number of ether oxygens (including phenoxy) is 2. The Morgan fingerprint density at radius 2 is 1.88 bits per heavy atom. The molecule has 0 aliphatic carbocycles. The first-order chi connectivity index (χ1) is 15.4. The maximum atomic E-state index is 13.4. The Balaban J connectivity index is 1.89. The van der Waals surface area contributed by atoms with Gasteiger partial charge < -0.3 is 14.4 Å². The van der Waals surface area contributed by atoms with E-state index in [9.17, 15) is 9.59 Å². The van der Waals surface area contributed by atoms with E-state index < -0.39 is 0 Å². The summed E-state index contributed by atoms with van der Waals surface area (Å²) in [6.45, 7) is 4.34. The Morgan fingerprint density at radius 3 is 2.53 bits per heavy atom. The lowest BCUT2D eigenvalue weighted by Crippen LogP contribution is -2.44. The van der Waals surface area contributed by atoms with Crippen molar-refractivity contribution in [1.82, 2.24) is 9.91 Å². The Kier molecular flexibility index (Phi) is 8.00. The number of methoxy groups -OCH3 is 2. The molecule has 0 saturated carbocycles. The third kappa shape index (κ3) is 5.53. The van der Waals surface area contributed by atoms with Gasteiger partial charge in [0.1, 0.15) is 12.3 Å². The van der Waals surface area contributed by atoms with Crippen LogP contribution >= 0.6 is 0 Å². The lowest BCUT2D eigenvalue weighted by Gasteiger charge is -2.28. The number of benzene rings is 2. The van der Waals surface area contributed by atoms with Crippen molar-refractivity contribution in [2.45, 2.75) is 26.3 Å². The summed E-state index contributed by atoms with van der Waals surface area (Å²) in [5, 5.41) is 6.23. The quantitative estimate of drug-likeness (QED) is 0.602. The molecule has 7 heteroatoms. The van der Waals surface area contributed by atoms with Crippen LogP contribution in [0.15, 0.2) is 59.7 Å². The summed E-state index contributed by atoms with van der Waals surface area (Å²) in [7, 11) is 3.20. The molecule has 1 aliphatic heterocycles. The molecule has 2 aromatic rings. The van der Waals surface area contributed by atoms with Gasteiger partial charge in [-0.25, -0.2) is 5.01 Å². The second kappa shape index (κ2) is 10.9. The Bertz CT molecular complexity index is 959. The minimum Gasteiger partial charge on any atom is -0.497 e. The molecule has 7 nitrogen and oxygen atoms in total. The number of hydrogen-bond acceptors (Lipinski definition) is 5. The lowest BCUT2D eigenvalue weighted by molar-refractivity contribution is -0.143. The van der Waals surface area contributed by atoms with Crippen LogP contribution in [0.25, 0.3) is 0 Å². The van der Waals surface area contributed by atoms with Crippen molar-refractivity contribution in [2.75, 3.05) is 33.9 Å². The Hall–Kier alpha value is -3.19. The van der Waals surface area contributed by atoms with Gasteiger partial charge in [0.25, 0.3) is 5.91 Å². The molecular weight excluding hydrogens is 406 g/mol. The molecule has 3 rings (SSSR count). The van der Waals surface area contributed by atoms with Crippen LogP contribution < -0.4 is 4.74 Å². The summed E-state index contributed by atoms with van der Waals surface area (Å²) < 4.78 is 10.5. The second-order valence-corrected chi connectivity index (χ2v) is 8.05. The van der Waals surface area contributed by atoms with Crippen LogP contribution in [0, 0.1) is 5.92 Å². The second-order valence-electron chi connectivity index (χ2n) is 8.05. The molecule has 1 unspecified atom stereocenters. The van der Waals surface area contributed by atoms with E-state index in [1.165, 1.54) is 5.01 Å². The van der Waals surface area contributed by atoms with Gasteiger partial charge in [-0.1, -0.05) is 56.3 Å². The SMILES string of the molecule is COCCN(CC(=O)N1N=C(c2cccc(OC)c2)CC1c1ccccc1)C(=O)C(C)C. The zero-order valence-electron chi connectivity index (χ0n) is 19.2. The average Bonchev–Trinajstić information content (AvgIpc) is 3.27. The summed E-state index contributed by atoms with van der Waals surface area (Å²) in [4.78, 5) is 27.6. The zero-order valence-corrected chi connectivity index (χ0v) is 19.2. The number of nitrogens with zero attached hydrogens (tertiary/aromatic N) is 3. The van der Waals surface area contributed by atoms with Gasteiger partial charge in [-0.05, 0) is 17.7 Å². The van der Waals surface area contributed by atoms with E-state index in [4.69, 9.17) is 14.6 Å². The van der Waals surface area contributed by atoms with E-state index in [1.54, 1.807) is 19.1 Å². The van der Waals surface area contributed by atoms with Gasteiger partial charge in [0.2, 0.25) is 5.91 Å². The first-order valence-electron chi connectivity index (χ1n) is 10.8. The molecule has 170 valence electrons. The summed E-state index contributed by atoms with van der Waals surface area (Å²) >= 11 is 0. The highest BCUT2D eigenvalue weighted by molar-refractivity contribution is 6.03. The maximum absolute atomic E-state index is 13.4. The van der Waals surface area contributed by atoms with E-state index in [-0.39, 0.29) is 30.3 Å². The van der Waals surface area contributed by atoms with Crippen LogP contribution in [0.2, 0.25) is 0 Å². The maximum Gasteiger partial charge on any atom is 0.262 e. The molecule has 0 fully saturated rings. The number of hydrogen-bond donors (Lipinski definition) is 0. The normalized spacial score (nSPS) is 15.6. The molecule has 2 amide bonds. The standard InChI is InChI=1S/C25H31N3O4/c1-18(2)25(30)27(13-14-31-3)17-24(29)28-23(19-9-6-5-7-10-19)16-22(26-28)20-11-8-12-21(15-20)32-4/h5-12,15,18,23H,13-14,16-17H2,1-4H3. The number of carbonyl (C=O) groups excluding carboxylic acids is 2. The van der Waals surface area contributed by atoms with Crippen molar-refractivity contribution >= 4 is 17.5 Å². The van der Waals surface area contributed by atoms with Crippen LogP contribution in [0.3, 0.4) is 0 Å². The highest BCUT2D eigenvalue weighted by Gasteiger charge is 2.34. The molecule has 0 aromatic heterocycles. The van der Waals surface area contributed by atoms with Gasteiger partial charge in [-0.2, -0.15) is 5.10 Å². The molecule has 32 heavy (non-hydrogen) atoms. The van der Waals surface area contributed by atoms with Gasteiger partial charge in [-0.3, -0.25) is 9.59 Å². The predicted molar refractivity (Wildman–Crippen MR) is 123 cm³/mol. The van der Waals surface area contributed by atoms with Crippen molar-refractivity contribution < 1.29 is 19.1 Å². The van der Waals surface area contributed by atoms with Crippen LogP contribution in [0.1, 0.15) is 37.4 Å². The van der Waals surface area contributed by atoms with E-state index in [0.717, 1.165) is 22.6 Å². The van der Waals surface area contributed by atoms with E-state index >= 15 is 0 Å². The van der Waals surface area contributed by atoms with Crippen LogP contribution in [0.4, 0.5) is 0 Å². The van der Waals surface area contributed by atoms with Gasteiger partial charge in [0, 0.05) is 31.6 Å². The topological polar surface area (TPSA) is 71.4 Å². The van der Waals surface area contributed by atoms with Gasteiger partial charge in [-0.15, -0.1) is 0 Å². The molecule has 0 saturated heterocycles. The average molecular weight is 438 g/mol. The van der Waals surface area contributed by atoms with E-state index in [2.05, 4.69) is 0 Å². The lowest BCUT2D eigenvalue weighted by atomic mass is 9.98. The molecule has 1 heterocycles. The van der Waals surface area contributed by atoms with Crippen molar-refractivity contribution in [3.05, 3.63) is 65.7 Å². The van der Waals surface area contributed by atoms with Gasteiger partial charge >= 0.3 is 0 Å². The minimum absolute atomic E-state index is 0.0431. The van der Waals surface area contributed by atoms with Crippen molar-refractivity contribution in [1.29, 1.82) is 0 Å². The molecular formula is C25H31N3O4. The summed E-state index contributed by atoms with van der Waals surface area (Å²) in [6.07, 6.45) is 0.582. The fraction of sp³-hybridized carbons (Fsp3) is 0.400. The first kappa shape index (κ1) is 23.5. The molecule has 0 bridgehead atoms. The first-order valence-corrected chi connectivity index (χ1v) is 10.8. The third-order valence-corrected chi connectivity index (χ3v) is 5.45. The number of rotatable bonds is 9. The third-order valence-electron chi connectivity index (χ3n) is 5.45. The highest BCUT2D eigenvalue weighted by atomic mass is 16.5. The molecule has 1 aliphatic rings. The number of amides is 2. The minimum atomic E-state index is -0.233. The molecule has 0 radical (unpaired) electrons. The van der Waals surface area contributed by atoms with Crippen molar-refractivity contribution in [3.63, 3.8) is 0 Å². The summed E-state index contributed by atoms with van der Waals surface area (Å²) in [5.41, 5.74) is 2.72. The van der Waals surface area contributed by atoms with E-state index in [1.807, 2.05) is 68.4 Å². The van der Waals surface area contributed by atoms with Crippen LogP contribution in [0.5, 0.6) is 5.75 Å². The highest BCUT2D eigenvalue weighted by Crippen LogP contribution is 2.33. The monoisotopic (exact) mass is 437 g/mol. The Labute approximate surface area is 189 Å². The molecule has 1 atom stereocenters. The number of carbonyl (C=O) groups is 2. The summed E-state index contributed by atoms with van der Waals surface area (Å²) in [5.74, 6) is 0.225. The van der Waals surface area contributed by atoms with Crippen LogP contribution in [-0.2, 0) is 14.3 Å². The fourth-order valence-corrected chi connectivity index (χ4v) is 3.72. The molecule has 0 N–H and O–H groups in total. The smallest absolute Gasteiger partial charge is 0.262 e. The fourth-order valence-electron chi connectivity index (χ4n) is 3.72. The van der Waals surface area contributed by atoms with Gasteiger partial charge in [0.05, 0.1) is 25.5 Å². The van der Waals surface area contributed by atoms with Crippen molar-refractivity contribution in [3.8, 4) is 5.75 Å². The largest absolute Gasteiger partial charge is 0.497 e.